The van der Waals surface area contributed by atoms with Crippen molar-refractivity contribution in [2.75, 3.05) is 20.0 Å². The lowest BCUT2D eigenvalue weighted by Crippen LogP contribution is -2.11. The van der Waals surface area contributed by atoms with Crippen LogP contribution in [0.25, 0.3) is 11.0 Å². The van der Waals surface area contributed by atoms with Crippen molar-refractivity contribution < 1.29 is 9.47 Å². The Morgan fingerprint density at radius 2 is 1.95 bits per heavy atom. The van der Waals surface area contributed by atoms with Crippen LogP contribution in [0.5, 0.6) is 11.5 Å². The molecule has 1 heterocycles. The fourth-order valence-corrected chi connectivity index (χ4v) is 2.76. The average Bonchev–Trinajstić information content (AvgIpc) is 3.24. The maximum atomic E-state index is 6.08. The Kier molecular flexibility index (Phi) is 3.20. The zero-order valence-corrected chi connectivity index (χ0v) is 12.2. The van der Waals surface area contributed by atoms with Crippen LogP contribution in [0.4, 0.5) is 5.95 Å². The summed E-state index contributed by atoms with van der Waals surface area (Å²) in [6.07, 6.45) is 2.68. The number of hydrogen-bond acceptors (Lipinski definition) is 4. The lowest BCUT2D eigenvalue weighted by molar-refractivity contribution is 0.355. The van der Waals surface area contributed by atoms with Gasteiger partial charge >= 0.3 is 0 Å². The van der Waals surface area contributed by atoms with Gasteiger partial charge in [0.1, 0.15) is 0 Å². The van der Waals surface area contributed by atoms with E-state index < -0.39 is 0 Å². The molecule has 1 aliphatic carbocycles. The first kappa shape index (κ1) is 13.1. The van der Waals surface area contributed by atoms with Crippen molar-refractivity contribution in [1.82, 2.24) is 9.55 Å². The molecule has 0 aliphatic heterocycles. The van der Waals surface area contributed by atoms with Gasteiger partial charge in [-0.3, -0.25) is 0 Å². The van der Waals surface area contributed by atoms with Crippen molar-refractivity contribution in [3.05, 3.63) is 12.1 Å². The molecular weight excluding hydrogens is 254 g/mol. The topological polar surface area (TPSA) is 62.3 Å². The zero-order valence-electron chi connectivity index (χ0n) is 12.2. The Balaban J connectivity index is 2.04. The van der Waals surface area contributed by atoms with Crippen molar-refractivity contribution in [2.24, 2.45) is 11.8 Å². The van der Waals surface area contributed by atoms with E-state index in [-0.39, 0.29) is 0 Å². The van der Waals surface area contributed by atoms with Crippen LogP contribution in [0.1, 0.15) is 19.8 Å². The number of methoxy groups -OCH3 is 2. The lowest BCUT2D eigenvalue weighted by Gasteiger charge is -2.14. The second-order valence-corrected chi connectivity index (χ2v) is 5.59. The summed E-state index contributed by atoms with van der Waals surface area (Å²) in [7, 11) is 3.26. The van der Waals surface area contributed by atoms with Crippen LogP contribution in [0.3, 0.4) is 0 Å². The van der Waals surface area contributed by atoms with Gasteiger partial charge in [-0.15, -0.1) is 0 Å². The number of anilines is 1. The van der Waals surface area contributed by atoms with Crippen molar-refractivity contribution in [2.45, 2.75) is 26.3 Å². The van der Waals surface area contributed by atoms with Crippen molar-refractivity contribution in [3.8, 4) is 11.5 Å². The summed E-state index contributed by atoms with van der Waals surface area (Å²) in [6.45, 7) is 3.19. The Labute approximate surface area is 118 Å². The third kappa shape index (κ3) is 2.17. The summed E-state index contributed by atoms with van der Waals surface area (Å²) < 4.78 is 12.8. The van der Waals surface area contributed by atoms with E-state index in [9.17, 15) is 0 Å². The molecule has 1 fully saturated rings. The summed E-state index contributed by atoms with van der Waals surface area (Å²) in [6, 6.07) is 3.83. The normalized spacial score (nSPS) is 16.4. The van der Waals surface area contributed by atoms with Gasteiger partial charge in [0.2, 0.25) is 5.95 Å². The number of benzene rings is 1. The van der Waals surface area contributed by atoms with E-state index in [1.807, 2.05) is 12.1 Å². The fourth-order valence-electron chi connectivity index (χ4n) is 2.76. The zero-order chi connectivity index (χ0) is 14.3. The van der Waals surface area contributed by atoms with E-state index in [4.69, 9.17) is 15.2 Å². The Hall–Kier alpha value is -1.91. The lowest BCUT2D eigenvalue weighted by atomic mass is 10.1. The van der Waals surface area contributed by atoms with E-state index in [1.54, 1.807) is 14.2 Å². The molecule has 20 heavy (non-hydrogen) atoms. The van der Waals surface area contributed by atoms with Gasteiger partial charge in [0.05, 0.1) is 25.3 Å². The average molecular weight is 275 g/mol. The Morgan fingerprint density at radius 1 is 1.30 bits per heavy atom. The van der Waals surface area contributed by atoms with Crippen molar-refractivity contribution in [3.63, 3.8) is 0 Å². The molecule has 5 heteroatoms. The second kappa shape index (κ2) is 4.89. The van der Waals surface area contributed by atoms with E-state index >= 15 is 0 Å². The molecule has 5 nitrogen and oxygen atoms in total. The fraction of sp³-hybridized carbons (Fsp3) is 0.533. The Morgan fingerprint density at radius 3 is 2.55 bits per heavy atom. The van der Waals surface area contributed by atoms with E-state index in [2.05, 4.69) is 16.5 Å². The first-order valence-electron chi connectivity index (χ1n) is 7.01. The summed E-state index contributed by atoms with van der Waals surface area (Å²) in [5.41, 5.74) is 7.93. The molecule has 108 valence electrons. The van der Waals surface area contributed by atoms with Gasteiger partial charge in [0.15, 0.2) is 11.5 Å². The summed E-state index contributed by atoms with van der Waals surface area (Å²) in [5.74, 6) is 3.41. The van der Waals surface area contributed by atoms with Crippen LogP contribution in [0, 0.1) is 11.8 Å². The first-order valence-corrected chi connectivity index (χ1v) is 7.01. The number of aromatic nitrogens is 2. The molecule has 0 saturated heterocycles. The minimum Gasteiger partial charge on any atom is -0.493 e. The molecule has 0 amide bonds. The highest BCUT2D eigenvalue weighted by molar-refractivity contribution is 5.82. The van der Waals surface area contributed by atoms with Crippen LogP contribution in [-0.4, -0.2) is 23.8 Å². The first-order chi connectivity index (χ1) is 9.63. The van der Waals surface area contributed by atoms with Crippen LogP contribution in [0.2, 0.25) is 0 Å². The third-order valence-corrected chi connectivity index (χ3v) is 4.18. The number of nitrogens with zero attached hydrogens (tertiary/aromatic N) is 2. The van der Waals surface area contributed by atoms with Crippen LogP contribution in [-0.2, 0) is 6.54 Å². The van der Waals surface area contributed by atoms with Gasteiger partial charge in [-0.05, 0) is 24.7 Å². The molecule has 3 rings (SSSR count). The summed E-state index contributed by atoms with van der Waals surface area (Å²) >= 11 is 0. The van der Waals surface area contributed by atoms with E-state index in [0.29, 0.717) is 23.4 Å². The van der Waals surface area contributed by atoms with Crippen LogP contribution in [0.15, 0.2) is 12.1 Å². The number of rotatable bonds is 5. The minimum absolute atomic E-state index is 0.558. The van der Waals surface area contributed by atoms with Gasteiger partial charge in [-0.2, -0.15) is 0 Å². The maximum Gasteiger partial charge on any atom is 0.201 e. The number of ether oxygens (including phenoxy) is 2. The molecular formula is C15H21N3O2. The van der Waals surface area contributed by atoms with E-state index in [0.717, 1.165) is 23.5 Å². The molecule has 1 aromatic carbocycles. The molecule has 1 saturated carbocycles. The van der Waals surface area contributed by atoms with Crippen LogP contribution >= 0.6 is 0 Å². The molecule has 0 spiro atoms. The third-order valence-electron chi connectivity index (χ3n) is 4.18. The van der Waals surface area contributed by atoms with E-state index in [1.165, 1.54) is 12.8 Å². The maximum absolute atomic E-state index is 6.08. The molecule has 2 N–H and O–H groups in total. The molecule has 2 aromatic rings. The SMILES string of the molecule is COc1cc2nc(N)n(CC(C)C3CC3)c2cc1OC. The van der Waals surface area contributed by atoms with Gasteiger partial charge in [0.25, 0.3) is 0 Å². The van der Waals surface area contributed by atoms with Crippen molar-refractivity contribution >= 4 is 17.0 Å². The quantitative estimate of drug-likeness (QED) is 0.911. The monoisotopic (exact) mass is 275 g/mol. The molecule has 1 aromatic heterocycles. The Bertz CT molecular complexity index is 632. The number of nitrogens with two attached hydrogens (primary N) is 1. The molecule has 0 bridgehead atoms. The minimum atomic E-state index is 0.558. The number of hydrogen-bond donors (Lipinski definition) is 1. The summed E-state index contributed by atoms with van der Waals surface area (Å²) in [4.78, 5) is 4.44. The van der Waals surface area contributed by atoms with Gasteiger partial charge in [-0.25, -0.2) is 4.98 Å². The van der Waals surface area contributed by atoms with Gasteiger partial charge in [0, 0.05) is 18.7 Å². The number of imidazole rings is 1. The number of fused-ring (bicyclic) bond motifs is 1. The summed E-state index contributed by atoms with van der Waals surface area (Å²) in [5, 5.41) is 0. The van der Waals surface area contributed by atoms with Crippen molar-refractivity contribution in [1.29, 1.82) is 0 Å². The van der Waals surface area contributed by atoms with Gasteiger partial charge < -0.3 is 19.8 Å². The van der Waals surface area contributed by atoms with Crippen LogP contribution < -0.4 is 15.2 Å². The largest absolute Gasteiger partial charge is 0.493 e. The predicted octanol–water partition coefficient (Wildman–Crippen LogP) is 2.68. The molecule has 0 radical (unpaired) electrons. The second-order valence-electron chi connectivity index (χ2n) is 5.59. The standard InChI is InChI=1S/C15H21N3O2/c1-9(10-4-5-10)8-18-12-7-14(20-3)13(19-2)6-11(12)17-15(18)16/h6-7,9-10H,4-5,8H2,1-3H3,(H2,16,17). The highest BCUT2D eigenvalue weighted by Crippen LogP contribution is 2.39. The van der Waals surface area contributed by atoms with Gasteiger partial charge in [-0.1, -0.05) is 6.92 Å². The molecule has 1 unspecified atom stereocenters. The molecule has 1 aliphatic rings. The highest BCUT2D eigenvalue weighted by Gasteiger charge is 2.29. The highest BCUT2D eigenvalue weighted by atomic mass is 16.5. The molecule has 1 atom stereocenters. The smallest absolute Gasteiger partial charge is 0.201 e. The predicted molar refractivity (Wildman–Crippen MR) is 79.1 cm³/mol. The number of nitrogen functional groups attached to an aromatic ring is 1.